The summed E-state index contributed by atoms with van der Waals surface area (Å²) in [5.74, 6) is -0.568. The fourth-order valence-electron chi connectivity index (χ4n) is 2.97. The number of nitrogens with one attached hydrogen (secondary N) is 1. The Balaban J connectivity index is 1.58. The summed E-state index contributed by atoms with van der Waals surface area (Å²) in [7, 11) is 0. The Morgan fingerprint density at radius 1 is 1.27 bits per heavy atom. The molecule has 0 atom stereocenters. The van der Waals surface area contributed by atoms with Crippen molar-refractivity contribution in [3.05, 3.63) is 76.5 Å². The highest BCUT2D eigenvalue weighted by Crippen LogP contribution is 2.32. The molecule has 3 aromatic heterocycles. The lowest BCUT2D eigenvalue weighted by Crippen LogP contribution is -2.15. The summed E-state index contributed by atoms with van der Waals surface area (Å²) in [5.41, 5.74) is 1.18. The van der Waals surface area contributed by atoms with Crippen LogP contribution in [0.2, 0.25) is 5.02 Å². The molecule has 30 heavy (non-hydrogen) atoms. The van der Waals surface area contributed by atoms with E-state index < -0.39 is 17.0 Å². The zero-order valence-electron chi connectivity index (χ0n) is 15.5. The molecule has 7 nitrogen and oxygen atoms in total. The van der Waals surface area contributed by atoms with Gasteiger partial charge in [-0.1, -0.05) is 23.7 Å². The van der Waals surface area contributed by atoms with E-state index in [1.54, 1.807) is 36.0 Å². The average Bonchev–Trinajstić information content (AvgIpc) is 3.26. The Morgan fingerprint density at radius 2 is 2.07 bits per heavy atom. The molecule has 11 heteroatoms. The molecular formula is C19H14Cl2F2N6O. The van der Waals surface area contributed by atoms with Crippen LogP contribution >= 0.6 is 23.2 Å². The molecule has 0 aliphatic heterocycles. The van der Waals surface area contributed by atoms with Crippen LogP contribution in [0, 0.1) is 6.92 Å². The summed E-state index contributed by atoms with van der Waals surface area (Å²) >= 11 is 11.0. The number of carbonyl (C=O) groups is 1. The predicted molar refractivity (Wildman–Crippen MR) is 108 cm³/mol. The molecule has 0 radical (unpaired) electrons. The van der Waals surface area contributed by atoms with Gasteiger partial charge in [-0.3, -0.25) is 9.48 Å². The molecule has 0 spiro atoms. The van der Waals surface area contributed by atoms with Crippen LogP contribution in [0.1, 0.15) is 27.4 Å². The number of aromatic nitrogens is 5. The van der Waals surface area contributed by atoms with Crippen LogP contribution in [-0.2, 0) is 11.9 Å². The van der Waals surface area contributed by atoms with Crippen molar-refractivity contribution in [1.29, 1.82) is 0 Å². The van der Waals surface area contributed by atoms with Gasteiger partial charge in [-0.25, -0.2) is 9.50 Å². The fourth-order valence-corrected chi connectivity index (χ4v) is 3.26. The van der Waals surface area contributed by atoms with Crippen LogP contribution in [0.5, 0.6) is 0 Å². The molecule has 4 rings (SSSR count). The zero-order chi connectivity index (χ0) is 21.5. The van der Waals surface area contributed by atoms with Gasteiger partial charge in [0, 0.05) is 23.6 Å². The second-order valence-corrected chi connectivity index (χ2v) is 7.50. The SMILES string of the molecule is Cc1cc(C(F)(F)Cl)n2nc(C(=O)Nc3cccc(Cn4cc(Cl)cn4)c3)cc2n1. The number of aryl methyl sites for hydroxylation is 1. The van der Waals surface area contributed by atoms with Crippen molar-refractivity contribution >= 4 is 40.4 Å². The third-order valence-electron chi connectivity index (χ3n) is 4.21. The molecule has 0 saturated heterocycles. The van der Waals surface area contributed by atoms with Gasteiger partial charge in [-0.15, -0.1) is 0 Å². The van der Waals surface area contributed by atoms with Crippen LogP contribution in [0.25, 0.3) is 5.65 Å². The number of halogens is 4. The Labute approximate surface area is 179 Å². The number of carbonyl (C=O) groups excluding carboxylic acids is 1. The van der Waals surface area contributed by atoms with Gasteiger partial charge in [0.05, 0.1) is 17.8 Å². The Bertz CT molecular complexity index is 1250. The molecule has 0 unspecified atom stereocenters. The van der Waals surface area contributed by atoms with E-state index in [9.17, 15) is 13.6 Å². The second kappa shape index (κ2) is 7.66. The summed E-state index contributed by atoms with van der Waals surface area (Å²) in [6.45, 7) is 2.01. The van der Waals surface area contributed by atoms with Gasteiger partial charge in [0.15, 0.2) is 11.3 Å². The van der Waals surface area contributed by atoms with Crippen molar-refractivity contribution in [2.24, 2.45) is 0 Å². The monoisotopic (exact) mass is 450 g/mol. The van der Waals surface area contributed by atoms with Gasteiger partial charge in [0.2, 0.25) is 0 Å². The van der Waals surface area contributed by atoms with Crippen molar-refractivity contribution in [2.45, 2.75) is 18.9 Å². The summed E-state index contributed by atoms with van der Waals surface area (Å²) in [4.78, 5) is 16.8. The van der Waals surface area contributed by atoms with Crippen molar-refractivity contribution in [1.82, 2.24) is 24.4 Å². The predicted octanol–water partition coefficient (Wildman–Crippen LogP) is 4.48. The fraction of sp³-hybridized carbons (Fsp3) is 0.158. The number of nitrogens with zero attached hydrogens (tertiary/aromatic N) is 5. The minimum atomic E-state index is -3.66. The van der Waals surface area contributed by atoms with Crippen LogP contribution in [0.4, 0.5) is 14.5 Å². The van der Waals surface area contributed by atoms with Crippen molar-refractivity contribution in [3.8, 4) is 0 Å². The van der Waals surface area contributed by atoms with Gasteiger partial charge >= 0.3 is 5.38 Å². The Morgan fingerprint density at radius 3 is 2.77 bits per heavy atom. The first-order chi connectivity index (χ1) is 14.2. The maximum atomic E-state index is 13.7. The number of benzene rings is 1. The first-order valence-corrected chi connectivity index (χ1v) is 9.47. The van der Waals surface area contributed by atoms with E-state index in [2.05, 4.69) is 20.5 Å². The van der Waals surface area contributed by atoms with Crippen LogP contribution in [0.15, 0.2) is 48.8 Å². The second-order valence-electron chi connectivity index (χ2n) is 6.59. The highest BCUT2D eigenvalue weighted by Gasteiger charge is 2.32. The molecule has 0 saturated carbocycles. The molecule has 4 aromatic rings. The molecule has 1 aromatic carbocycles. The Kier molecular flexibility index (Phi) is 5.17. The minimum Gasteiger partial charge on any atom is -0.321 e. The van der Waals surface area contributed by atoms with Gasteiger partial charge in [-0.05, 0) is 42.3 Å². The first-order valence-electron chi connectivity index (χ1n) is 8.72. The molecule has 0 aliphatic rings. The lowest BCUT2D eigenvalue weighted by atomic mass is 10.2. The lowest BCUT2D eigenvalue weighted by molar-refractivity contribution is 0.0868. The van der Waals surface area contributed by atoms with Crippen molar-refractivity contribution in [3.63, 3.8) is 0 Å². The number of rotatable bonds is 5. The van der Waals surface area contributed by atoms with E-state index in [4.69, 9.17) is 23.2 Å². The third-order valence-corrected chi connectivity index (χ3v) is 4.60. The van der Waals surface area contributed by atoms with Gasteiger partial charge in [0.25, 0.3) is 5.91 Å². The summed E-state index contributed by atoms with van der Waals surface area (Å²) < 4.78 is 29.9. The topological polar surface area (TPSA) is 77.1 Å². The van der Waals surface area contributed by atoms with E-state index in [1.807, 2.05) is 6.07 Å². The van der Waals surface area contributed by atoms with Crippen molar-refractivity contribution < 1.29 is 13.6 Å². The zero-order valence-corrected chi connectivity index (χ0v) is 17.0. The summed E-state index contributed by atoms with van der Waals surface area (Å²) in [6.07, 6.45) is 3.22. The number of alkyl halides is 3. The number of hydrogen-bond donors (Lipinski definition) is 1. The standard InChI is InChI=1S/C19H14Cl2F2N6O/c1-11-5-16(19(21,22)23)29-17(25-11)7-15(27-29)18(30)26-14-4-2-3-12(6-14)9-28-10-13(20)8-24-28/h2-8,10H,9H2,1H3,(H,26,30). The number of fused-ring (bicyclic) bond motifs is 1. The molecule has 154 valence electrons. The van der Waals surface area contributed by atoms with Gasteiger partial charge in [-0.2, -0.15) is 19.0 Å². The van der Waals surface area contributed by atoms with E-state index in [1.165, 1.54) is 12.3 Å². The summed E-state index contributed by atoms with van der Waals surface area (Å²) in [6, 6.07) is 9.57. The molecule has 0 fully saturated rings. The molecule has 0 bridgehead atoms. The maximum absolute atomic E-state index is 13.7. The summed E-state index contributed by atoms with van der Waals surface area (Å²) in [5, 5.41) is 7.64. The third kappa shape index (κ3) is 4.27. The maximum Gasteiger partial charge on any atom is 0.364 e. The van der Waals surface area contributed by atoms with E-state index in [-0.39, 0.29) is 11.3 Å². The normalized spacial score (nSPS) is 11.8. The van der Waals surface area contributed by atoms with E-state index >= 15 is 0 Å². The largest absolute Gasteiger partial charge is 0.364 e. The highest BCUT2D eigenvalue weighted by atomic mass is 35.5. The minimum absolute atomic E-state index is 0.0699. The van der Waals surface area contributed by atoms with Gasteiger partial charge < -0.3 is 5.32 Å². The van der Waals surface area contributed by atoms with Crippen LogP contribution in [-0.4, -0.2) is 30.3 Å². The van der Waals surface area contributed by atoms with Crippen molar-refractivity contribution in [2.75, 3.05) is 5.32 Å². The van der Waals surface area contributed by atoms with Crippen LogP contribution in [0.3, 0.4) is 0 Å². The number of amides is 1. The molecule has 0 aliphatic carbocycles. The molecular weight excluding hydrogens is 437 g/mol. The van der Waals surface area contributed by atoms with E-state index in [0.717, 1.165) is 16.1 Å². The molecule has 1 amide bonds. The lowest BCUT2D eigenvalue weighted by Gasteiger charge is -2.10. The quantitative estimate of drug-likeness (QED) is 0.454. The number of hydrogen-bond acceptors (Lipinski definition) is 4. The molecule has 3 heterocycles. The Hall–Kier alpha value is -3.04. The number of anilines is 1. The van der Waals surface area contributed by atoms with Crippen LogP contribution < -0.4 is 5.32 Å². The smallest absolute Gasteiger partial charge is 0.321 e. The van der Waals surface area contributed by atoms with Gasteiger partial charge in [0.1, 0.15) is 5.69 Å². The van der Waals surface area contributed by atoms with E-state index in [0.29, 0.717) is 22.9 Å². The average molecular weight is 451 g/mol. The highest BCUT2D eigenvalue weighted by molar-refractivity contribution is 6.30. The molecule has 1 N–H and O–H groups in total. The first kappa shape index (κ1) is 20.2.